The maximum atomic E-state index is 11.3. The zero-order valence-electron chi connectivity index (χ0n) is 14.9. The Morgan fingerprint density at radius 3 is 2.79 bits per heavy atom. The number of thioether (sulfide) groups is 1. The summed E-state index contributed by atoms with van der Waals surface area (Å²) in [6, 6.07) is 0. The molecule has 2 saturated heterocycles. The molecule has 138 valence electrons. The second-order valence-corrected chi connectivity index (χ2v) is 7.82. The summed E-state index contributed by atoms with van der Waals surface area (Å²) in [6.45, 7) is 3.50. The fraction of sp³-hybridized carbons (Fsp3) is 0.833. The van der Waals surface area contributed by atoms with Crippen molar-refractivity contribution in [3.05, 3.63) is 12.2 Å². The van der Waals surface area contributed by atoms with Crippen molar-refractivity contribution >= 4 is 17.7 Å². The van der Waals surface area contributed by atoms with Crippen LogP contribution in [-0.2, 0) is 14.3 Å². The van der Waals surface area contributed by atoms with E-state index >= 15 is 0 Å². The van der Waals surface area contributed by atoms with E-state index in [1.807, 2.05) is 30.8 Å². The van der Waals surface area contributed by atoms with Crippen LogP contribution in [0, 0.1) is 11.8 Å². The zero-order valence-corrected chi connectivity index (χ0v) is 15.7. The molecule has 2 rings (SSSR count). The maximum Gasteiger partial charge on any atom is 0.245 e. The SMILES string of the molecule is C/C=C/COCC1C2CCC(O2)C1CSCCCCC(=O)N(C)O. The highest BCUT2D eigenvalue weighted by Crippen LogP contribution is 2.44. The van der Waals surface area contributed by atoms with Gasteiger partial charge in [0.1, 0.15) is 0 Å². The zero-order chi connectivity index (χ0) is 17.4. The molecule has 4 atom stereocenters. The molecule has 2 aliphatic rings. The average Bonchev–Trinajstić information content (AvgIpc) is 3.16. The van der Waals surface area contributed by atoms with Gasteiger partial charge < -0.3 is 9.47 Å². The average molecular weight is 358 g/mol. The Morgan fingerprint density at radius 1 is 1.33 bits per heavy atom. The summed E-state index contributed by atoms with van der Waals surface area (Å²) in [5.74, 6) is 3.10. The van der Waals surface area contributed by atoms with Gasteiger partial charge in [-0.2, -0.15) is 11.8 Å². The highest BCUT2D eigenvalue weighted by molar-refractivity contribution is 7.99. The fourth-order valence-electron chi connectivity index (χ4n) is 3.56. The first-order chi connectivity index (χ1) is 11.6. The van der Waals surface area contributed by atoms with Crippen LogP contribution in [0.4, 0.5) is 0 Å². The number of allylic oxidation sites excluding steroid dienone is 1. The van der Waals surface area contributed by atoms with E-state index in [4.69, 9.17) is 14.7 Å². The number of fused-ring (bicyclic) bond motifs is 2. The first-order valence-corrected chi connectivity index (χ1v) is 10.2. The summed E-state index contributed by atoms with van der Waals surface area (Å²) in [7, 11) is 1.38. The van der Waals surface area contributed by atoms with E-state index in [0.29, 0.717) is 42.1 Å². The Kier molecular flexibility index (Phi) is 8.59. The van der Waals surface area contributed by atoms with Crippen LogP contribution in [0.15, 0.2) is 12.2 Å². The Labute approximate surface area is 149 Å². The molecule has 1 amide bonds. The molecule has 2 bridgehead atoms. The van der Waals surface area contributed by atoms with Crippen LogP contribution in [-0.4, -0.2) is 60.2 Å². The van der Waals surface area contributed by atoms with Crippen molar-refractivity contribution in [2.24, 2.45) is 11.8 Å². The van der Waals surface area contributed by atoms with Crippen LogP contribution in [0.1, 0.15) is 39.0 Å². The molecule has 0 spiro atoms. The monoisotopic (exact) mass is 357 g/mol. The number of nitrogens with zero attached hydrogens (tertiary/aromatic N) is 1. The van der Waals surface area contributed by atoms with Crippen molar-refractivity contribution in [2.45, 2.75) is 51.2 Å². The molecule has 0 aromatic carbocycles. The molecule has 0 saturated carbocycles. The molecule has 2 fully saturated rings. The predicted octanol–water partition coefficient (Wildman–Crippen LogP) is 3.12. The minimum Gasteiger partial charge on any atom is -0.377 e. The Hall–Kier alpha value is -0.560. The summed E-state index contributed by atoms with van der Waals surface area (Å²) in [4.78, 5) is 11.3. The summed E-state index contributed by atoms with van der Waals surface area (Å²) in [5, 5.41) is 9.69. The minimum absolute atomic E-state index is 0.208. The van der Waals surface area contributed by atoms with Gasteiger partial charge in [0.25, 0.3) is 0 Å². The fourth-order valence-corrected chi connectivity index (χ4v) is 4.87. The van der Waals surface area contributed by atoms with Gasteiger partial charge in [-0.1, -0.05) is 12.2 Å². The van der Waals surface area contributed by atoms with E-state index in [-0.39, 0.29) is 5.91 Å². The van der Waals surface area contributed by atoms with Crippen LogP contribution in [0.25, 0.3) is 0 Å². The molecule has 5 nitrogen and oxygen atoms in total. The molecule has 2 aliphatic heterocycles. The van der Waals surface area contributed by atoms with Gasteiger partial charge in [-0.05, 0) is 44.1 Å². The van der Waals surface area contributed by atoms with Crippen molar-refractivity contribution in [1.82, 2.24) is 5.06 Å². The number of unbranched alkanes of at least 4 members (excludes halogenated alkanes) is 1. The lowest BCUT2D eigenvalue weighted by Crippen LogP contribution is -2.32. The molecule has 0 aromatic heterocycles. The first-order valence-electron chi connectivity index (χ1n) is 9.01. The normalized spacial score (nSPS) is 28.8. The number of hydrogen-bond donors (Lipinski definition) is 1. The van der Waals surface area contributed by atoms with Gasteiger partial charge in [0.2, 0.25) is 5.91 Å². The van der Waals surface area contributed by atoms with Crippen molar-refractivity contribution in [3.63, 3.8) is 0 Å². The summed E-state index contributed by atoms with van der Waals surface area (Å²) in [5.41, 5.74) is 0. The van der Waals surface area contributed by atoms with E-state index in [2.05, 4.69) is 0 Å². The molecular formula is C18H31NO4S. The number of hydroxylamine groups is 2. The highest BCUT2D eigenvalue weighted by atomic mass is 32.2. The van der Waals surface area contributed by atoms with Crippen LogP contribution in [0.2, 0.25) is 0 Å². The second-order valence-electron chi connectivity index (χ2n) is 6.67. The lowest BCUT2D eigenvalue weighted by molar-refractivity contribution is -0.159. The number of rotatable bonds is 11. The summed E-state index contributed by atoms with van der Waals surface area (Å²) in [6.07, 6.45) is 9.51. The number of carbonyl (C=O) groups is 1. The smallest absolute Gasteiger partial charge is 0.245 e. The molecule has 4 unspecified atom stereocenters. The van der Waals surface area contributed by atoms with Crippen LogP contribution in [0.3, 0.4) is 0 Å². The third-order valence-corrected chi connectivity index (χ3v) is 6.15. The van der Waals surface area contributed by atoms with Crippen molar-refractivity contribution < 1.29 is 19.5 Å². The van der Waals surface area contributed by atoms with Crippen LogP contribution < -0.4 is 0 Å². The molecule has 0 radical (unpaired) electrons. The Morgan fingerprint density at radius 2 is 2.08 bits per heavy atom. The van der Waals surface area contributed by atoms with Crippen molar-refractivity contribution in [3.8, 4) is 0 Å². The van der Waals surface area contributed by atoms with E-state index in [1.54, 1.807) is 0 Å². The Balaban J connectivity index is 1.62. The highest BCUT2D eigenvalue weighted by Gasteiger charge is 2.48. The van der Waals surface area contributed by atoms with Gasteiger partial charge in [-0.25, -0.2) is 5.06 Å². The second kappa shape index (κ2) is 10.4. The lowest BCUT2D eigenvalue weighted by Gasteiger charge is -2.27. The number of hydrogen-bond acceptors (Lipinski definition) is 5. The van der Waals surface area contributed by atoms with E-state index in [0.717, 1.165) is 31.0 Å². The quantitative estimate of drug-likeness (QED) is 0.266. The molecule has 0 aliphatic carbocycles. The van der Waals surface area contributed by atoms with E-state index in [9.17, 15) is 4.79 Å². The van der Waals surface area contributed by atoms with Crippen LogP contribution in [0.5, 0.6) is 0 Å². The maximum absolute atomic E-state index is 11.3. The molecule has 24 heavy (non-hydrogen) atoms. The van der Waals surface area contributed by atoms with Gasteiger partial charge >= 0.3 is 0 Å². The molecular weight excluding hydrogens is 326 g/mol. The number of ether oxygens (including phenoxy) is 2. The minimum atomic E-state index is -0.208. The summed E-state index contributed by atoms with van der Waals surface area (Å²) >= 11 is 1.96. The van der Waals surface area contributed by atoms with Gasteiger partial charge in [0.05, 0.1) is 25.4 Å². The lowest BCUT2D eigenvalue weighted by atomic mass is 9.81. The van der Waals surface area contributed by atoms with Gasteiger partial charge in [0, 0.05) is 25.3 Å². The van der Waals surface area contributed by atoms with Gasteiger partial charge in [0.15, 0.2) is 0 Å². The van der Waals surface area contributed by atoms with Crippen molar-refractivity contribution in [1.29, 1.82) is 0 Å². The third kappa shape index (κ3) is 5.76. The molecule has 2 heterocycles. The summed E-state index contributed by atoms with van der Waals surface area (Å²) < 4.78 is 11.9. The first kappa shape index (κ1) is 19.8. The number of amides is 1. The van der Waals surface area contributed by atoms with Gasteiger partial charge in [-0.15, -0.1) is 0 Å². The van der Waals surface area contributed by atoms with Crippen molar-refractivity contribution in [2.75, 3.05) is 31.8 Å². The third-order valence-electron chi connectivity index (χ3n) is 4.95. The number of carbonyl (C=O) groups excluding carboxylic acids is 1. The standard InChI is InChI=1S/C18H31NO4S/c1-3-4-10-22-12-14-15(17-9-8-16(14)23-17)13-24-11-6-5-7-18(20)19(2)21/h3-4,14-17,21H,5-13H2,1-2H3/b4-3+. The Bertz CT molecular complexity index is 416. The van der Waals surface area contributed by atoms with E-state index < -0.39 is 0 Å². The van der Waals surface area contributed by atoms with Gasteiger partial charge in [-0.3, -0.25) is 10.0 Å². The van der Waals surface area contributed by atoms with E-state index in [1.165, 1.54) is 19.9 Å². The van der Waals surface area contributed by atoms with Crippen LogP contribution >= 0.6 is 11.8 Å². The molecule has 1 N–H and O–H groups in total. The molecule has 0 aromatic rings. The largest absolute Gasteiger partial charge is 0.377 e. The molecule has 6 heteroatoms. The predicted molar refractivity (Wildman–Crippen MR) is 96.2 cm³/mol. The topological polar surface area (TPSA) is 59.0 Å².